The number of nitrogens with zero attached hydrogens (tertiary/aromatic N) is 4. The largest absolute Gasteiger partial charge is 0.476 e. The fourth-order valence-corrected chi connectivity index (χ4v) is 5.41. The highest BCUT2D eigenvalue weighted by molar-refractivity contribution is 7.18. The molecule has 1 aromatic carbocycles. The second-order valence-electron chi connectivity index (χ2n) is 8.13. The Hall–Kier alpha value is -3.58. The summed E-state index contributed by atoms with van der Waals surface area (Å²) in [5, 5.41) is 3.24. The number of carbonyl (C=O) groups is 2. The number of nitrogens with one attached hydrogen (secondary N) is 1. The second-order valence-corrected chi connectivity index (χ2v) is 10.1. The predicted molar refractivity (Wildman–Crippen MR) is 135 cm³/mol. The third-order valence-electron chi connectivity index (χ3n) is 5.45. The number of para-hydroxylation sites is 1. The van der Waals surface area contributed by atoms with Crippen LogP contribution in [0.2, 0.25) is 0 Å². The molecule has 0 fully saturated rings. The van der Waals surface area contributed by atoms with Gasteiger partial charge in [-0.05, 0) is 36.7 Å². The summed E-state index contributed by atoms with van der Waals surface area (Å²) in [5.41, 5.74) is 0.426. The number of likely N-dealkylation sites (N-methyl/N-ethyl adjacent to an activating group) is 1. The van der Waals surface area contributed by atoms with Crippen molar-refractivity contribution in [1.29, 1.82) is 0 Å². The number of carbonyl (C=O) groups excluding carboxylic acids is 2. The molecule has 0 aliphatic heterocycles. The van der Waals surface area contributed by atoms with E-state index in [0.29, 0.717) is 44.0 Å². The van der Waals surface area contributed by atoms with Gasteiger partial charge in [-0.15, -0.1) is 11.3 Å². The summed E-state index contributed by atoms with van der Waals surface area (Å²) in [6, 6.07) is 7.20. The Bertz CT molecular complexity index is 1430. The molecule has 0 atom stereocenters. The lowest BCUT2D eigenvalue weighted by molar-refractivity contribution is -0.136. The van der Waals surface area contributed by atoms with Crippen molar-refractivity contribution in [2.24, 2.45) is 0 Å². The van der Waals surface area contributed by atoms with E-state index >= 15 is 0 Å². The van der Waals surface area contributed by atoms with Crippen LogP contribution >= 0.6 is 22.9 Å². The van der Waals surface area contributed by atoms with Gasteiger partial charge in [-0.2, -0.15) is 17.5 Å². The highest BCUT2D eigenvalue weighted by atomic mass is 32.1. The molecule has 0 bridgehead atoms. The number of anilines is 1. The molecule has 4 rings (SSSR count). The number of fused-ring (bicyclic) bond motifs is 1. The normalized spacial score (nSPS) is 11.5. The molecule has 8 nitrogen and oxygen atoms in total. The number of rotatable bonds is 8. The first-order chi connectivity index (χ1) is 17.5. The first-order valence-corrected chi connectivity index (χ1v) is 12.6. The van der Waals surface area contributed by atoms with Crippen LogP contribution in [-0.4, -0.2) is 51.3 Å². The molecule has 1 N–H and O–H groups in total. The molecule has 4 aromatic rings. The van der Waals surface area contributed by atoms with Crippen LogP contribution in [0.25, 0.3) is 10.2 Å². The van der Waals surface area contributed by atoms with Crippen molar-refractivity contribution >= 4 is 50.6 Å². The van der Waals surface area contributed by atoms with Gasteiger partial charge in [-0.3, -0.25) is 9.59 Å². The number of aromatic nitrogens is 3. The maximum absolute atomic E-state index is 13.4. The van der Waals surface area contributed by atoms with Crippen LogP contribution in [0.3, 0.4) is 0 Å². The summed E-state index contributed by atoms with van der Waals surface area (Å²) in [7, 11) is 1.67. The van der Waals surface area contributed by atoms with Crippen LogP contribution in [0.5, 0.6) is 5.88 Å². The van der Waals surface area contributed by atoms with Crippen molar-refractivity contribution in [2.75, 3.05) is 25.5 Å². The number of hydrogen-bond acceptors (Lipinski definition) is 8. The van der Waals surface area contributed by atoms with E-state index in [1.54, 1.807) is 32.2 Å². The summed E-state index contributed by atoms with van der Waals surface area (Å²) >= 11 is 2.27. The van der Waals surface area contributed by atoms with E-state index in [-0.39, 0.29) is 24.5 Å². The lowest BCUT2D eigenvalue weighted by atomic mass is 10.1. The SMILES string of the molecule is CC(=O)N(C)CCOc1ccc(NC(=O)c2c(C)nsc2Cc2nc3c(C(F)(F)F)cccc3s2)cn1. The molecule has 194 valence electrons. The fourth-order valence-electron chi connectivity index (χ4n) is 3.44. The molecule has 0 unspecified atom stereocenters. The third-order valence-corrected chi connectivity index (χ3v) is 7.40. The van der Waals surface area contributed by atoms with Crippen LogP contribution < -0.4 is 10.1 Å². The van der Waals surface area contributed by atoms with Gasteiger partial charge in [0.25, 0.3) is 5.91 Å². The van der Waals surface area contributed by atoms with Crippen molar-refractivity contribution in [2.45, 2.75) is 26.4 Å². The van der Waals surface area contributed by atoms with Crippen molar-refractivity contribution in [3.05, 3.63) is 63.2 Å². The van der Waals surface area contributed by atoms with Gasteiger partial charge in [0, 0.05) is 31.3 Å². The van der Waals surface area contributed by atoms with Gasteiger partial charge in [0.1, 0.15) is 6.61 Å². The topological polar surface area (TPSA) is 97.3 Å². The number of pyridine rings is 1. The van der Waals surface area contributed by atoms with Gasteiger partial charge < -0.3 is 15.0 Å². The maximum Gasteiger partial charge on any atom is 0.418 e. The predicted octanol–water partition coefficient (Wildman–Crippen LogP) is 5.18. The number of benzene rings is 1. The van der Waals surface area contributed by atoms with E-state index in [1.165, 1.54) is 24.1 Å². The lowest BCUT2D eigenvalue weighted by Crippen LogP contribution is -2.28. The standard InChI is InChI=1S/C24H22F3N5O3S2/c1-13-21(23(34)29-15-7-8-19(28-12-15)35-10-9-32(3)14(2)33)18(37-31-13)11-20-30-22-16(24(25,26)27)5-4-6-17(22)36-20/h4-8,12H,9-11H2,1-3H3,(H,29,34). The van der Waals surface area contributed by atoms with E-state index in [0.717, 1.165) is 28.9 Å². The van der Waals surface area contributed by atoms with Crippen molar-refractivity contribution in [1.82, 2.24) is 19.2 Å². The number of amides is 2. The Morgan fingerprint density at radius 2 is 1.97 bits per heavy atom. The Morgan fingerprint density at radius 3 is 2.65 bits per heavy atom. The molecule has 13 heteroatoms. The smallest absolute Gasteiger partial charge is 0.418 e. The van der Waals surface area contributed by atoms with Crippen LogP contribution in [0, 0.1) is 6.92 Å². The molecule has 0 saturated heterocycles. The number of alkyl halides is 3. The first kappa shape index (κ1) is 26.5. The molecular weight excluding hydrogens is 527 g/mol. The summed E-state index contributed by atoms with van der Waals surface area (Å²) in [4.78, 5) is 34.8. The molecule has 3 heterocycles. The summed E-state index contributed by atoms with van der Waals surface area (Å²) in [6.45, 7) is 3.85. The Balaban J connectivity index is 1.45. The van der Waals surface area contributed by atoms with E-state index in [1.807, 2.05) is 0 Å². The van der Waals surface area contributed by atoms with Crippen LogP contribution in [-0.2, 0) is 17.4 Å². The van der Waals surface area contributed by atoms with Gasteiger partial charge >= 0.3 is 6.18 Å². The molecular formula is C24H22F3N5O3S2. The average molecular weight is 550 g/mol. The number of aryl methyl sites for hydroxylation is 1. The Morgan fingerprint density at radius 1 is 1.19 bits per heavy atom. The summed E-state index contributed by atoms with van der Waals surface area (Å²) in [5.74, 6) is -0.128. The minimum absolute atomic E-state index is 0.0682. The van der Waals surface area contributed by atoms with Crippen LogP contribution in [0.15, 0.2) is 36.5 Å². The van der Waals surface area contributed by atoms with E-state index in [4.69, 9.17) is 4.74 Å². The molecule has 0 radical (unpaired) electrons. The minimum atomic E-state index is -4.50. The van der Waals surface area contributed by atoms with Crippen molar-refractivity contribution in [3.8, 4) is 5.88 Å². The molecule has 0 saturated carbocycles. The monoisotopic (exact) mass is 549 g/mol. The van der Waals surface area contributed by atoms with Gasteiger partial charge in [-0.1, -0.05) is 6.07 Å². The molecule has 2 amide bonds. The van der Waals surface area contributed by atoms with Gasteiger partial charge in [-0.25, -0.2) is 9.97 Å². The second kappa shape index (κ2) is 10.8. The molecule has 0 aliphatic rings. The maximum atomic E-state index is 13.4. The number of thiazole rings is 1. The van der Waals surface area contributed by atoms with E-state index in [9.17, 15) is 22.8 Å². The Kier molecular flexibility index (Phi) is 7.73. The molecule has 0 spiro atoms. The zero-order chi connectivity index (χ0) is 26.7. The van der Waals surface area contributed by atoms with Crippen LogP contribution in [0.1, 0.15) is 38.4 Å². The third kappa shape index (κ3) is 6.23. The first-order valence-electron chi connectivity index (χ1n) is 11.1. The zero-order valence-corrected chi connectivity index (χ0v) is 21.7. The molecule has 3 aromatic heterocycles. The summed E-state index contributed by atoms with van der Waals surface area (Å²) in [6.07, 6.45) is -2.87. The van der Waals surface area contributed by atoms with Crippen molar-refractivity contribution in [3.63, 3.8) is 0 Å². The Labute approximate surface area is 218 Å². The average Bonchev–Trinajstić information content (AvgIpc) is 3.41. The minimum Gasteiger partial charge on any atom is -0.476 e. The molecule has 0 aliphatic carbocycles. The number of ether oxygens (including phenoxy) is 1. The lowest BCUT2D eigenvalue weighted by Gasteiger charge is -2.14. The zero-order valence-electron chi connectivity index (χ0n) is 20.0. The number of halogens is 3. The summed E-state index contributed by atoms with van der Waals surface area (Å²) < 4.78 is 50.3. The molecule has 37 heavy (non-hydrogen) atoms. The van der Waals surface area contributed by atoms with Gasteiger partial charge in [0.2, 0.25) is 11.8 Å². The highest BCUT2D eigenvalue weighted by Gasteiger charge is 2.34. The quantitative estimate of drug-likeness (QED) is 0.326. The highest BCUT2D eigenvalue weighted by Crippen LogP contribution is 2.37. The van der Waals surface area contributed by atoms with E-state index in [2.05, 4.69) is 19.7 Å². The van der Waals surface area contributed by atoms with Gasteiger partial charge in [0.05, 0.1) is 50.5 Å². The fraction of sp³-hybridized carbons (Fsp3) is 0.292. The van der Waals surface area contributed by atoms with Crippen molar-refractivity contribution < 1.29 is 27.5 Å². The van der Waals surface area contributed by atoms with E-state index < -0.39 is 17.6 Å². The number of hydrogen-bond donors (Lipinski definition) is 1. The van der Waals surface area contributed by atoms with Crippen LogP contribution in [0.4, 0.5) is 18.9 Å². The van der Waals surface area contributed by atoms with Gasteiger partial charge in [0.15, 0.2) is 0 Å².